The number of aryl methyl sites for hydroxylation is 1. The summed E-state index contributed by atoms with van der Waals surface area (Å²) < 4.78 is 9.52. The Morgan fingerprint density at radius 1 is 1.10 bits per heavy atom. The number of fused-ring (bicyclic) bond motifs is 1. The number of carbonyl (C=O) groups excluding carboxylic acids is 1. The molecule has 2 heterocycles. The first-order valence-electron chi connectivity index (χ1n) is 9.81. The Hall–Kier alpha value is -3.68. The summed E-state index contributed by atoms with van der Waals surface area (Å²) in [6, 6.07) is 15.1. The Balaban J connectivity index is 1.45. The van der Waals surface area contributed by atoms with Crippen LogP contribution in [0.4, 0.5) is 0 Å². The minimum atomic E-state index is -0.221. The van der Waals surface area contributed by atoms with E-state index < -0.39 is 0 Å². The number of benzene rings is 2. The highest BCUT2D eigenvalue weighted by molar-refractivity contribution is 5.79. The summed E-state index contributed by atoms with van der Waals surface area (Å²) in [5.41, 5.74) is 2.81. The second-order valence-electron chi connectivity index (χ2n) is 7.46. The number of hydrogen-bond acceptors (Lipinski definition) is 5. The molecule has 0 aliphatic carbocycles. The van der Waals surface area contributed by atoms with Crippen LogP contribution in [0.25, 0.3) is 16.7 Å². The molecule has 154 valence electrons. The van der Waals surface area contributed by atoms with Crippen LogP contribution in [0.15, 0.2) is 61.2 Å². The molecular weight excluding hydrogens is 380 g/mol. The van der Waals surface area contributed by atoms with Crippen LogP contribution in [0.3, 0.4) is 0 Å². The lowest BCUT2D eigenvalue weighted by atomic mass is 10.0. The quantitative estimate of drug-likeness (QED) is 0.512. The lowest BCUT2D eigenvalue weighted by Gasteiger charge is -2.22. The summed E-state index contributed by atoms with van der Waals surface area (Å²) in [5.74, 6) is 1.39. The average Bonchev–Trinajstić information content (AvgIpc) is 3.40. The fourth-order valence-corrected chi connectivity index (χ4v) is 3.40. The minimum Gasteiger partial charge on any atom is -0.484 e. The molecule has 0 bridgehead atoms. The van der Waals surface area contributed by atoms with Gasteiger partial charge in [0.2, 0.25) is 0 Å². The van der Waals surface area contributed by atoms with Gasteiger partial charge in [-0.3, -0.25) is 9.36 Å². The van der Waals surface area contributed by atoms with Gasteiger partial charge in [-0.05, 0) is 30.2 Å². The number of ether oxygens (including phenoxy) is 1. The SMILES string of the molecule is CC(C)[C@@H](NC(=O)COc1cccc(-n2cnnc2)c1)c1nc2ccccc2n1C. The Labute approximate surface area is 174 Å². The van der Waals surface area contributed by atoms with Gasteiger partial charge in [0.15, 0.2) is 6.61 Å². The number of imidazole rings is 1. The zero-order valence-electron chi connectivity index (χ0n) is 17.2. The molecule has 1 atom stereocenters. The van der Waals surface area contributed by atoms with Gasteiger partial charge in [0.1, 0.15) is 24.2 Å². The second-order valence-corrected chi connectivity index (χ2v) is 7.46. The topological polar surface area (TPSA) is 86.9 Å². The number of hydrogen-bond donors (Lipinski definition) is 1. The molecule has 4 aromatic rings. The van der Waals surface area contributed by atoms with Crippen LogP contribution in [-0.4, -0.2) is 36.8 Å². The third-order valence-electron chi connectivity index (χ3n) is 4.99. The summed E-state index contributed by atoms with van der Waals surface area (Å²) in [6.45, 7) is 4.04. The smallest absolute Gasteiger partial charge is 0.258 e. The molecule has 2 aromatic heterocycles. The van der Waals surface area contributed by atoms with E-state index >= 15 is 0 Å². The standard InChI is InChI=1S/C22H24N6O2/c1-15(2)21(22-25-18-9-4-5-10-19(18)27(22)3)26-20(29)12-30-17-8-6-7-16(11-17)28-13-23-24-14-28/h4-11,13-15,21H,12H2,1-3H3,(H,26,29)/t21-/m1/s1. The molecule has 4 rings (SSSR count). The Bertz CT molecular complexity index is 1150. The molecule has 0 unspecified atom stereocenters. The van der Waals surface area contributed by atoms with Crippen LogP contribution in [0.1, 0.15) is 25.7 Å². The summed E-state index contributed by atoms with van der Waals surface area (Å²) in [5, 5.41) is 10.7. The number of rotatable bonds is 7. The van der Waals surface area contributed by atoms with E-state index in [1.165, 1.54) is 0 Å². The third-order valence-corrected chi connectivity index (χ3v) is 4.99. The molecule has 0 aliphatic rings. The maximum absolute atomic E-state index is 12.6. The van der Waals surface area contributed by atoms with Gasteiger partial charge in [0.05, 0.1) is 22.8 Å². The average molecular weight is 404 g/mol. The summed E-state index contributed by atoms with van der Waals surface area (Å²) in [7, 11) is 1.97. The zero-order chi connectivity index (χ0) is 21.1. The highest BCUT2D eigenvalue weighted by Gasteiger charge is 2.24. The molecule has 0 radical (unpaired) electrons. The Kier molecular flexibility index (Phi) is 5.47. The van der Waals surface area contributed by atoms with E-state index in [9.17, 15) is 4.79 Å². The lowest BCUT2D eigenvalue weighted by Crippen LogP contribution is -2.36. The highest BCUT2D eigenvalue weighted by Crippen LogP contribution is 2.25. The largest absolute Gasteiger partial charge is 0.484 e. The first-order chi connectivity index (χ1) is 14.5. The number of aromatic nitrogens is 5. The third kappa shape index (κ3) is 4.03. The van der Waals surface area contributed by atoms with Crippen molar-refractivity contribution in [1.29, 1.82) is 0 Å². The normalized spacial score (nSPS) is 12.3. The van der Waals surface area contributed by atoms with Crippen LogP contribution in [0, 0.1) is 5.92 Å². The maximum Gasteiger partial charge on any atom is 0.258 e. The van der Waals surface area contributed by atoms with Crippen LogP contribution in [-0.2, 0) is 11.8 Å². The van der Waals surface area contributed by atoms with Crippen molar-refractivity contribution in [3.05, 3.63) is 67.0 Å². The van der Waals surface area contributed by atoms with E-state index in [2.05, 4.69) is 29.4 Å². The molecular formula is C22H24N6O2. The molecule has 1 N–H and O–H groups in total. The number of carbonyl (C=O) groups is 1. The van der Waals surface area contributed by atoms with Gasteiger partial charge in [-0.1, -0.05) is 32.0 Å². The van der Waals surface area contributed by atoms with E-state index in [-0.39, 0.29) is 24.5 Å². The van der Waals surface area contributed by atoms with Gasteiger partial charge in [-0.15, -0.1) is 10.2 Å². The van der Waals surface area contributed by atoms with Crippen molar-refractivity contribution < 1.29 is 9.53 Å². The predicted molar refractivity (Wildman–Crippen MR) is 113 cm³/mol. The molecule has 2 aromatic carbocycles. The molecule has 0 saturated carbocycles. The van der Waals surface area contributed by atoms with Gasteiger partial charge in [-0.25, -0.2) is 4.98 Å². The van der Waals surface area contributed by atoms with Gasteiger partial charge < -0.3 is 14.6 Å². The van der Waals surface area contributed by atoms with Crippen LogP contribution < -0.4 is 10.1 Å². The van der Waals surface area contributed by atoms with E-state index in [4.69, 9.17) is 9.72 Å². The molecule has 0 saturated heterocycles. The molecule has 1 amide bonds. The second kappa shape index (κ2) is 8.36. The molecule has 30 heavy (non-hydrogen) atoms. The van der Waals surface area contributed by atoms with Crippen LogP contribution in [0.2, 0.25) is 0 Å². The van der Waals surface area contributed by atoms with Gasteiger partial charge in [-0.2, -0.15) is 0 Å². The molecule has 8 nitrogen and oxygen atoms in total. The van der Waals surface area contributed by atoms with Crippen molar-refractivity contribution >= 4 is 16.9 Å². The fraction of sp³-hybridized carbons (Fsp3) is 0.273. The highest BCUT2D eigenvalue weighted by atomic mass is 16.5. The number of nitrogens with zero attached hydrogens (tertiary/aromatic N) is 5. The van der Waals surface area contributed by atoms with Crippen molar-refractivity contribution in [1.82, 2.24) is 29.6 Å². The van der Waals surface area contributed by atoms with E-state index in [0.29, 0.717) is 5.75 Å². The minimum absolute atomic E-state index is 0.0845. The molecule has 0 fully saturated rings. The summed E-state index contributed by atoms with van der Waals surface area (Å²) in [6.07, 6.45) is 3.21. The van der Waals surface area contributed by atoms with Crippen molar-refractivity contribution in [2.45, 2.75) is 19.9 Å². The zero-order valence-corrected chi connectivity index (χ0v) is 17.2. The Morgan fingerprint density at radius 3 is 2.60 bits per heavy atom. The first kappa shape index (κ1) is 19.6. The van der Waals surface area contributed by atoms with E-state index in [1.54, 1.807) is 17.2 Å². The first-order valence-corrected chi connectivity index (χ1v) is 9.81. The van der Waals surface area contributed by atoms with E-state index in [0.717, 1.165) is 22.5 Å². The Morgan fingerprint density at radius 2 is 1.87 bits per heavy atom. The predicted octanol–water partition coefficient (Wildman–Crippen LogP) is 3.05. The fourth-order valence-electron chi connectivity index (χ4n) is 3.40. The summed E-state index contributed by atoms with van der Waals surface area (Å²) >= 11 is 0. The van der Waals surface area contributed by atoms with Gasteiger partial charge >= 0.3 is 0 Å². The molecule has 0 spiro atoms. The number of nitrogens with one attached hydrogen (secondary N) is 1. The number of amides is 1. The van der Waals surface area contributed by atoms with E-state index in [1.807, 2.05) is 60.1 Å². The molecule has 8 heteroatoms. The van der Waals surface area contributed by atoms with Crippen LogP contribution in [0.5, 0.6) is 5.75 Å². The maximum atomic E-state index is 12.6. The van der Waals surface area contributed by atoms with Crippen molar-refractivity contribution in [3.63, 3.8) is 0 Å². The number of para-hydroxylation sites is 2. The monoisotopic (exact) mass is 404 g/mol. The lowest BCUT2D eigenvalue weighted by molar-refractivity contribution is -0.124. The van der Waals surface area contributed by atoms with Crippen LogP contribution >= 0.6 is 0 Å². The molecule has 0 aliphatic heterocycles. The summed E-state index contributed by atoms with van der Waals surface area (Å²) in [4.78, 5) is 17.4. The van der Waals surface area contributed by atoms with Crippen molar-refractivity contribution in [3.8, 4) is 11.4 Å². The van der Waals surface area contributed by atoms with Crippen molar-refractivity contribution in [2.24, 2.45) is 13.0 Å². The van der Waals surface area contributed by atoms with Gasteiger partial charge in [0, 0.05) is 13.1 Å². The van der Waals surface area contributed by atoms with Crippen molar-refractivity contribution in [2.75, 3.05) is 6.61 Å². The van der Waals surface area contributed by atoms with Gasteiger partial charge in [0.25, 0.3) is 5.91 Å².